The Labute approximate surface area is 114 Å². The van der Waals surface area contributed by atoms with Crippen LogP contribution in [-0.2, 0) is 6.54 Å². The molecule has 0 heterocycles. The van der Waals surface area contributed by atoms with E-state index in [9.17, 15) is 4.39 Å². The van der Waals surface area contributed by atoms with Crippen LogP contribution in [0, 0.1) is 5.82 Å². The van der Waals surface area contributed by atoms with Crippen molar-refractivity contribution in [2.75, 3.05) is 19.6 Å². The highest BCUT2D eigenvalue weighted by molar-refractivity contribution is 6.31. The van der Waals surface area contributed by atoms with Crippen LogP contribution in [0.2, 0.25) is 5.02 Å². The molecule has 4 heteroatoms. The third-order valence-electron chi connectivity index (χ3n) is 3.08. The van der Waals surface area contributed by atoms with Gasteiger partial charge in [0.05, 0.1) is 0 Å². The number of nitrogens with one attached hydrogen (secondary N) is 1. The molecule has 0 aromatic heterocycles. The van der Waals surface area contributed by atoms with Crippen molar-refractivity contribution < 1.29 is 4.39 Å². The van der Waals surface area contributed by atoms with Crippen molar-refractivity contribution in [3.05, 3.63) is 34.6 Å². The molecule has 0 radical (unpaired) electrons. The highest BCUT2D eigenvalue weighted by atomic mass is 35.5. The summed E-state index contributed by atoms with van der Waals surface area (Å²) < 4.78 is 13.1. The standard InChI is InChI=1S/C14H22ClFN2/c1-4-18(5-2)10-11(3)17-9-12-8-13(16)6-7-14(12)15/h6-8,11,17H,4-5,9-10H2,1-3H3. The molecule has 0 aliphatic rings. The Morgan fingerprint density at radius 3 is 2.61 bits per heavy atom. The van der Waals surface area contributed by atoms with E-state index in [1.807, 2.05) is 0 Å². The first-order valence-electron chi connectivity index (χ1n) is 6.46. The number of hydrogen-bond donors (Lipinski definition) is 1. The Kier molecular flexibility index (Phi) is 6.61. The van der Waals surface area contributed by atoms with Crippen molar-refractivity contribution in [2.24, 2.45) is 0 Å². The minimum absolute atomic E-state index is 0.243. The molecule has 1 rings (SSSR count). The predicted molar refractivity (Wildman–Crippen MR) is 75.5 cm³/mol. The highest BCUT2D eigenvalue weighted by Gasteiger charge is 2.08. The number of benzene rings is 1. The van der Waals surface area contributed by atoms with E-state index in [0.717, 1.165) is 25.2 Å². The lowest BCUT2D eigenvalue weighted by Gasteiger charge is -2.23. The monoisotopic (exact) mass is 272 g/mol. The van der Waals surface area contributed by atoms with Gasteiger partial charge < -0.3 is 10.2 Å². The van der Waals surface area contributed by atoms with Crippen LogP contribution in [0.5, 0.6) is 0 Å². The first-order valence-corrected chi connectivity index (χ1v) is 6.84. The number of rotatable bonds is 7. The van der Waals surface area contributed by atoms with Crippen LogP contribution in [0.3, 0.4) is 0 Å². The quantitative estimate of drug-likeness (QED) is 0.819. The first kappa shape index (κ1) is 15.4. The van der Waals surface area contributed by atoms with Gasteiger partial charge in [-0.15, -0.1) is 0 Å². The Morgan fingerprint density at radius 1 is 1.33 bits per heavy atom. The summed E-state index contributed by atoms with van der Waals surface area (Å²) in [5, 5.41) is 3.98. The molecule has 0 saturated carbocycles. The Balaban J connectivity index is 2.46. The van der Waals surface area contributed by atoms with E-state index in [2.05, 4.69) is 31.0 Å². The summed E-state index contributed by atoms with van der Waals surface area (Å²) in [6, 6.07) is 4.82. The molecule has 1 atom stereocenters. The van der Waals surface area contributed by atoms with Crippen LogP contribution in [0.25, 0.3) is 0 Å². The highest BCUT2D eigenvalue weighted by Crippen LogP contribution is 2.16. The van der Waals surface area contributed by atoms with Crippen molar-refractivity contribution >= 4 is 11.6 Å². The molecule has 1 unspecified atom stereocenters. The SMILES string of the molecule is CCN(CC)CC(C)NCc1cc(F)ccc1Cl. The smallest absolute Gasteiger partial charge is 0.123 e. The van der Waals surface area contributed by atoms with Crippen molar-refractivity contribution in [1.29, 1.82) is 0 Å². The van der Waals surface area contributed by atoms with Crippen LogP contribution in [-0.4, -0.2) is 30.6 Å². The van der Waals surface area contributed by atoms with E-state index in [0.29, 0.717) is 17.6 Å². The lowest BCUT2D eigenvalue weighted by atomic mass is 10.2. The number of nitrogens with zero attached hydrogens (tertiary/aromatic N) is 1. The number of halogens is 2. The molecule has 0 fully saturated rings. The van der Waals surface area contributed by atoms with Gasteiger partial charge in [-0.3, -0.25) is 0 Å². The summed E-state index contributed by atoms with van der Waals surface area (Å²) in [6.07, 6.45) is 0. The summed E-state index contributed by atoms with van der Waals surface area (Å²) in [5.41, 5.74) is 0.808. The summed E-state index contributed by atoms with van der Waals surface area (Å²) >= 11 is 6.02. The Hall–Kier alpha value is -0.640. The van der Waals surface area contributed by atoms with Gasteiger partial charge in [-0.2, -0.15) is 0 Å². The fraction of sp³-hybridized carbons (Fsp3) is 0.571. The van der Waals surface area contributed by atoms with Crippen LogP contribution >= 0.6 is 11.6 Å². The van der Waals surface area contributed by atoms with Crippen LogP contribution in [0.4, 0.5) is 4.39 Å². The summed E-state index contributed by atoms with van der Waals surface area (Å²) in [7, 11) is 0. The fourth-order valence-electron chi connectivity index (χ4n) is 1.90. The largest absolute Gasteiger partial charge is 0.309 e. The number of hydrogen-bond acceptors (Lipinski definition) is 2. The molecule has 2 nitrogen and oxygen atoms in total. The Bertz CT molecular complexity index is 367. The van der Waals surface area contributed by atoms with Gasteiger partial charge in [-0.05, 0) is 43.8 Å². The molecule has 18 heavy (non-hydrogen) atoms. The van der Waals surface area contributed by atoms with Crippen LogP contribution in [0.15, 0.2) is 18.2 Å². The average Bonchev–Trinajstić information content (AvgIpc) is 2.37. The van der Waals surface area contributed by atoms with Gasteiger partial charge in [0.2, 0.25) is 0 Å². The van der Waals surface area contributed by atoms with E-state index in [4.69, 9.17) is 11.6 Å². The van der Waals surface area contributed by atoms with Crippen molar-refractivity contribution in [3.8, 4) is 0 Å². The normalized spacial score (nSPS) is 13.0. The van der Waals surface area contributed by atoms with Gasteiger partial charge in [0.25, 0.3) is 0 Å². The third kappa shape index (κ3) is 4.92. The summed E-state index contributed by atoms with van der Waals surface area (Å²) in [4.78, 5) is 2.35. The molecule has 1 aromatic carbocycles. The van der Waals surface area contributed by atoms with Crippen molar-refractivity contribution in [2.45, 2.75) is 33.4 Å². The second-order valence-electron chi connectivity index (χ2n) is 4.50. The van der Waals surface area contributed by atoms with Crippen LogP contribution in [0.1, 0.15) is 26.3 Å². The molecule has 0 aliphatic carbocycles. The van der Waals surface area contributed by atoms with Gasteiger partial charge in [0.15, 0.2) is 0 Å². The van der Waals surface area contributed by atoms with Gasteiger partial charge in [-0.25, -0.2) is 4.39 Å². The molecule has 1 N–H and O–H groups in total. The van der Waals surface area contributed by atoms with E-state index < -0.39 is 0 Å². The van der Waals surface area contributed by atoms with Crippen LogP contribution < -0.4 is 5.32 Å². The molecule has 0 saturated heterocycles. The van der Waals surface area contributed by atoms with E-state index in [1.165, 1.54) is 12.1 Å². The van der Waals surface area contributed by atoms with E-state index in [1.54, 1.807) is 6.07 Å². The molecule has 0 aliphatic heterocycles. The van der Waals surface area contributed by atoms with Gasteiger partial charge in [-0.1, -0.05) is 25.4 Å². The molecular formula is C14H22ClFN2. The summed E-state index contributed by atoms with van der Waals surface area (Å²) in [5.74, 6) is -0.243. The second kappa shape index (κ2) is 7.72. The number of likely N-dealkylation sites (N-methyl/N-ethyl adjacent to an activating group) is 1. The maximum absolute atomic E-state index is 13.1. The molecule has 1 aromatic rings. The second-order valence-corrected chi connectivity index (χ2v) is 4.91. The maximum Gasteiger partial charge on any atom is 0.123 e. The van der Waals surface area contributed by atoms with Crippen molar-refractivity contribution in [1.82, 2.24) is 10.2 Å². The minimum Gasteiger partial charge on any atom is -0.309 e. The van der Waals surface area contributed by atoms with Crippen molar-refractivity contribution in [3.63, 3.8) is 0 Å². The lowest BCUT2D eigenvalue weighted by molar-refractivity contribution is 0.270. The van der Waals surface area contributed by atoms with Gasteiger partial charge in [0.1, 0.15) is 5.82 Å². The van der Waals surface area contributed by atoms with Gasteiger partial charge >= 0.3 is 0 Å². The Morgan fingerprint density at radius 2 is 2.00 bits per heavy atom. The molecular weight excluding hydrogens is 251 g/mol. The topological polar surface area (TPSA) is 15.3 Å². The first-order chi connectivity index (χ1) is 8.56. The molecule has 0 amide bonds. The lowest BCUT2D eigenvalue weighted by Crippen LogP contribution is -2.38. The minimum atomic E-state index is -0.243. The zero-order valence-corrected chi connectivity index (χ0v) is 12.1. The van der Waals surface area contributed by atoms with E-state index >= 15 is 0 Å². The molecule has 0 bridgehead atoms. The predicted octanol–water partition coefficient (Wildman–Crippen LogP) is 3.30. The third-order valence-corrected chi connectivity index (χ3v) is 3.44. The maximum atomic E-state index is 13.1. The van der Waals surface area contributed by atoms with Gasteiger partial charge in [0, 0.05) is 24.2 Å². The zero-order chi connectivity index (χ0) is 13.5. The molecule has 0 spiro atoms. The average molecular weight is 273 g/mol. The molecule has 102 valence electrons. The van der Waals surface area contributed by atoms with E-state index in [-0.39, 0.29) is 5.82 Å². The zero-order valence-electron chi connectivity index (χ0n) is 11.3. The summed E-state index contributed by atoms with van der Waals surface area (Å²) in [6.45, 7) is 10.1. The fourth-order valence-corrected chi connectivity index (χ4v) is 2.08.